The molecule has 1 atom stereocenters. The fraction of sp³-hybridized carbons (Fsp3) is 0.417. The maximum atomic E-state index is 10.2. The number of aromatic nitrogens is 1. The summed E-state index contributed by atoms with van der Waals surface area (Å²) in [6.07, 6.45) is 3.42. The molecule has 2 rings (SSSR count). The second-order valence-corrected chi connectivity index (χ2v) is 5.52. The molecular formula is C12H16N2O2S. The minimum absolute atomic E-state index is 0.442. The lowest BCUT2D eigenvalue weighted by Crippen LogP contribution is -2.34. The van der Waals surface area contributed by atoms with Crippen LogP contribution in [-0.2, 0) is 12.1 Å². The van der Waals surface area contributed by atoms with E-state index in [-0.39, 0.29) is 0 Å². The van der Waals surface area contributed by atoms with Crippen LogP contribution in [0.3, 0.4) is 0 Å². The van der Waals surface area contributed by atoms with Gasteiger partial charge in [-0.25, -0.2) is 4.98 Å². The summed E-state index contributed by atoms with van der Waals surface area (Å²) >= 11 is 1.66. The van der Waals surface area contributed by atoms with E-state index in [1.165, 1.54) is 0 Å². The largest absolute Gasteiger partial charge is 0.466 e. The van der Waals surface area contributed by atoms with Gasteiger partial charge < -0.3 is 14.8 Å². The number of aryl methyl sites for hydroxylation is 1. The predicted molar refractivity (Wildman–Crippen MR) is 66.8 cm³/mol. The Kier molecular flexibility index (Phi) is 3.61. The van der Waals surface area contributed by atoms with Crippen LogP contribution >= 0.6 is 11.3 Å². The third-order valence-corrected chi connectivity index (χ3v) is 3.40. The van der Waals surface area contributed by atoms with Gasteiger partial charge in [0.1, 0.15) is 11.4 Å². The average Bonchev–Trinajstić information content (AvgIpc) is 2.89. The van der Waals surface area contributed by atoms with Gasteiger partial charge in [0, 0.05) is 24.2 Å². The highest BCUT2D eigenvalue weighted by molar-refractivity contribution is 7.11. The quantitative estimate of drug-likeness (QED) is 0.855. The van der Waals surface area contributed by atoms with E-state index in [4.69, 9.17) is 4.42 Å². The van der Waals surface area contributed by atoms with Crippen LogP contribution in [0.2, 0.25) is 0 Å². The maximum Gasteiger partial charge on any atom is 0.136 e. The van der Waals surface area contributed by atoms with Gasteiger partial charge in [-0.3, -0.25) is 0 Å². The van der Waals surface area contributed by atoms with Crippen molar-refractivity contribution in [3.63, 3.8) is 0 Å². The number of aliphatic hydroxyl groups is 1. The Balaban J connectivity index is 1.86. The topological polar surface area (TPSA) is 58.3 Å². The lowest BCUT2D eigenvalue weighted by molar-refractivity contribution is 0.0341. The minimum Gasteiger partial charge on any atom is -0.466 e. The van der Waals surface area contributed by atoms with Gasteiger partial charge in [-0.2, -0.15) is 0 Å². The second-order valence-electron chi connectivity index (χ2n) is 4.20. The molecule has 5 heteroatoms. The number of nitrogens with zero attached hydrogens (tertiary/aromatic N) is 1. The summed E-state index contributed by atoms with van der Waals surface area (Å²) in [6.45, 7) is 4.86. The van der Waals surface area contributed by atoms with Gasteiger partial charge in [0.25, 0.3) is 0 Å². The van der Waals surface area contributed by atoms with E-state index in [2.05, 4.69) is 10.3 Å². The van der Waals surface area contributed by atoms with Crippen molar-refractivity contribution in [3.05, 3.63) is 40.2 Å². The van der Waals surface area contributed by atoms with Crippen molar-refractivity contribution in [2.45, 2.75) is 26.0 Å². The Hall–Kier alpha value is -1.17. The van der Waals surface area contributed by atoms with Gasteiger partial charge in [0.15, 0.2) is 0 Å². The highest BCUT2D eigenvalue weighted by atomic mass is 32.1. The smallest absolute Gasteiger partial charge is 0.136 e. The van der Waals surface area contributed by atoms with Crippen LogP contribution in [0.4, 0.5) is 0 Å². The molecule has 0 aliphatic rings. The molecule has 2 aromatic heterocycles. The number of furan rings is 1. The number of thiazole rings is 1. The lowest BCUT2D eigenvalue weighted by Gasteiger charge is -2.20. The van der Waals surface area contributed by atoms with Crippen LogP contribution in [-0.4, -0.2) is 16.6 Å². The monoisotopic (exact) mass is 252 g/mol. The first kappa shape index (κ1) is 12.3. The van der Waals surface area contributed by atoms with Gasteiger partial charge in [0.05, 0.1) is 11.3 Å². The lowest BCUT2D eigenvalue weighted by atomic mass is 10.0. The molecule has 2 heterocycles. The molecule has 0 aliphatic heterocycles. The summed E-state index contributed by atoms with van der Waals surface area (Å²) in [5.41, 5.74) is -0.983. The van der Waals surface area contributed by atoms with Crippen molar-refractivity contribution in [3.8, 4) is 0 Å². The molecule has 0 bridgehead atoms. The molecule has 2 aromatic rings. The van der Waals surface area contributed by atoms with E-state index in [1.807, 2.05) is 13.1 Å². The van der Waals surface area contributed by atoms with Crippen molar-refractivity contribution in [2.24, 2.45) is 0 Å². The predicted octanol–water partition coefficient (Wildman–Crippen LogP) is 2.04. The van der Waals surface area contributed by atoms with Crippen LogP contribution in [0.1, 0.15) is 22.6 Å². The molecule has 1 unspecified atom stereocenters. The Morgan fingerprint density at radius 3 is 3.00 bits per heavy atom. The molecule has 0 aromatic carbocycles. The molecule has 0 saturated carbocycles. The molecule has 0 fully saturated rings. The van der Waals surface area contributed by atoms with Gasteiger partial charge in [-0.05, 0) is 26.0 Å². The molecule has 17 heavy (non-hydrogen) atoms. The molecule has 92 valence electrons. The Bertz CT molecular complexity index is 463. The van der Waals surface area contributed by atoms with Crippen molar-refractivity contribution in [1.82, 2.24) is 10.3 Å². The van der Waals surface area contributed by atoms with Gasteiger partial charge in [-0.1, -0.05) is 0 Å². The van der Waals surface area contributed by atoms with Crippen LogP contribution in [0.15, 0.2) is 29.0 Å². The van der Waals surface area contributed by atoms with Crippen molar-refractivity contribution in [2.75, 3.05) is 6.54 Å². The first-order valence-electron chi connectivity index (χ1n) is 5.46. The van der Waals surface area contributed by atoms with E-state index >= 15 is 0 Å². The zero-order chi connectivity index (χ0) is 12.3. The fourth-order valence-corrected chi connectivity index (χ4v) is 2.35. The van der Waals surface area contributed by atoms with Gasteiger partial charge in [-0.15, -0.1) is 11.3 Å². The fourth-order valence-electron chi connectivity index (χ4n) is 1.59. The van der Waals surface area contributed by atoms with E-state index in [0.717, 1.165) is 9.88 Å². The molecule has 0 amide bonds. The van der Waals surface area contributed by atoms with Crippen molar-refractivity contribution >= 4 is 11.3 Å². The molecule has 0 spiro atoms. The third kappa shape index (κ3) is 3.15. The van der Waals surface area contributed by atoms with E-state index < -0.39 is 5.60 Å². The Morgan fingerprint density at radius 1 is 1.59 bits per heavy atom. The standard InChI is InChI=1S/C12H16N2O2S/c1-9-14-7-10(17-9)6-13-8-12(2,15)11-4-3-5-16-11/h3-5,7,13,15H,6,8H2,1-2H3. The van der Waals surface area contributed by atoms with Crippen LogP contribution in [0.25, 0.3) is 0 Å². The van der Waals surface area contributed by atoms with Gasteiger partial charge >= 0.3 is 0 Å². The number of rotatable bonds is 5. The zero-order valence-electron chi connectivity index (χ0n) is 9.93. The number of hydrogen-bond acceptors (Lipinski definition) is 5. The number of nitrogens with one attached hydrogen (secondary N) is 1. The molecule has 4 nitrogen and oxygen atoms in total. The molecule has 2 N–H and O–H groups in total. The van der Waals surface area contributed by atoms with Crippen molar-refractivity contribution in [1.29, 1.82) is 0 Å². The summed E-state index contributed by atoms with van der Waals surface area (Å²) in [6, 6.07) is 3.55. The van der Waals surface area contributed by atoms with Crippen LogP contribution in [0, 0.1) is 6.92 Å². The minimum atomic E-state index is -0.983. The third-order valence-electron chi connectivity index (χ3n) is 2.49. The molecule has 0 radical (unpaired) electrons. The zero-order valence-corrected chi connectivity index (χ0v) is 10.8. The molecular weight excluding hydrogens is 236 g/mol. The summed E-state index contributed by atoms with van der Waals surface area (Å²) in [4.78, 5) is 5.34. The van der Waals surface area contributed by atoms with Crippen LogP contribution < -0.4 is 5.32 Å². The SMILES string of the molecule is Cc1ncc(CNCC(C)(O)c2ccco2)s1. The summed E-state index contributed by atoms with van der Waals surface area (Å²) < 4.78 is 5.21. The van der Waals surface area contributed by atoms with E-state index in [9.17, 15) is 5.11 Å². The molecule has 0 saturated heterocycles. The number of hydrogen-bond donors (Lipinski definition) is 2. The highest BCUT2D eigenvalue weighted by Crippen LogP contribution is 2.20. The Labute approximate surface area is 104 Å². The molecule has 0 aliphatic carbocycles. The summed E-state index contributed by atoms with van der Waals surface area (Å²) in [5.74, 6) is 0.575. The van der Waals surface area contributed by atoms with E-state index in [1.54, 1.807) is 36.7 Å². The summed E-state index contributed by atoms with van der Waals surface area (Å²) in [7, 11) is 0. The normalized spacial score (nSPS) is 14.8. The Morgan fingerprint density at radius 2 is 2.41 bits per heavy atom. The second kappa shape index (κ2) is 5.00. The summed E-state index contributed by atoms with van der Waals surface area (Å²) in [5, 5.41) is 14.4. The van der Waals surface area contributed by atoms with Gasteiger partial charge in [0.2, 0.25) is 0 Å². The van der Waals surface area contributed by atoms with Crippen molar-refractivity contribution < 1.29 is 9.52 Å². The van der Waals surface area contributed by atoms with E-state index in [0.29, 0.717) is 18.8 Å². The maximum absolute atomic E-state index is 10.2. The highest BCUT2D eigenvalue weighted by Gasteiger charge is 2.25. The average molecular weight is 252 g/mol. The first-order chi connectivity index (χ1) is 8.08. The van der Waals surface area contributed by atoms with Crippen LogP contribution in [0.5, 0.6) is 0 Å². The first-order valence-corrected chi connectivity index (χ1v) is 6.28.